The fraction of sp³-hybridized carbons (Fsp3) is 0.379. The van der Waals surface area contributed by atoms with Crippen molar-refractivity contribution in [3.63, 3.8) is 0 Å². The van der Waals surface area contributed by atoms with Crippen LogP contribution in [0.15, 0.2) is 37.4 Å². The van der Waals surface area contributed by atoms with E-state index in [1.807, 2.05) is 67.5 Å². The highest BCUT2D eigenvalue weighted by molar-refractivity contribution is 5.93. The Hall–Kier alpha value is -2.34. The molecule has 2 unspecified atom stereocenters. The third kappa shape index (κ3) is 4.99. The molecule has 158 valence electrons. The van der Waals surface area contributed by atoms with Crippen LogP contribution < -0.4 is 20.9 Å². The lowest BCUT2D eigenvalue weighted by Gasteiger charge is -2.12. The van der Waals surface area contributed by atoms with Crippen LogP contribution in [0.25, 0.3) is 41.7 Å². The Bertz CT molecular complexity index is 1030. The first-order valence-electron chi connectivity index (χ1n) is 11.4. The highest BCUT2D eigenvalue weighted by Gasteiger charge is 2.39. The smallest absolute Gasteiger partial charge is 0.00329 e. The molecule has 2 aliphatic carbocycles. The van der Waals surface area contributed by atoms with Crippen molar-refractivity contribution >= 4 is 41.7 Å². The normalized spacial score (nSPS) is 16.9. The molecular weight excluding hydrogens is 348 g/mol. The van der Waals surface area contributed by atoms with Crippen LogP contribution in [-0.2, 0) is 0 Å². The predicted octanol–water partition coefficient (Wildman–Crippen LogP) is 6.18. The summed E-state index contributed by atoms with van der Waals surface area (Å²) in [5.74, 6) is 1.33. The van der Waals surface area contributed by atoms with Gasteiger partial charge in [-0.15, -0.1) is 0 Å². The van der Waals surface area contributed by atoms with Crippen LogP contribution in [0.3, 0.4) is 0 Å². The Balaban J connectivity index is 0.000000881. The minimum absolute atomic E-state index is 0.648. The molecule has 2 aliphatic rings. The van der Waals surface area contributed by atoms with Crippen LogP contribution in [-0.4, -0.2) is 0 Å². The molecule has 0 saturated heterocycles. The van der Waals surface area contributed by atoms with E-state index in [0.29, 0.717) is 11.8 Å². The molecule has 0 amide bonds. The maximum Gasteiger partial charge on any atom is -0.00329 e. The minimum atomic E-state index is 0.648. The highest BCUT2D eigenvalue weighted by atomic mass is 14.4. The van der Waals surface area contributed by atoms with Gasteiger partial charge in [0.25, 0.3) is 0 Å². The molecule has 0 radical (unpaired) electrons. The third-order valence-corrected chi connectivity index (χ3v) is 4.97. The second kappa shape index (κ2) is 13.0. The molecule has 0 heterocycles. The molecular formula is C29H42. The van der Waals surface area contributed by atoms with E-state index in [2.05, 4.69) is 50.6 Å². The van der Waals surface area contributed by atoms with Gasteiger partial charge in [-0.25, -0.2) is 0 Å². The molecule has 1 saturated carbocycles. The molecule has 0 spiro atoms. The van der Waals surface area contributed by atoms with Crippen molar-refractivity contribution < 1.29 is 0 Å². The molecule has 0 aliphatic heterocycles. The van der Waals surface area contributed by atoms with Crippen LogP contribution in [0.5, 0.6) is 0 Å². The zero-order valence-electron chi connectivity index (χ0n) is 20.2. The molecule has 0 heteroatoms. The number of benzene rings is 2. The molecule has 0 bridgehead atoms. The maximum absolute atomic E-state index is 4.32. The van der Waals surface area contributed by atoms with E-state index in [9.17, 15) is 0 Å². The predicted molar refractivity (Wildman–Crippen MR) is 139 cm³/mol. The van der Waals surface area contributed by atoms with Gasteiger partial charge in [0, 0.05) is 0 Å². The highest BCUT2D eigenvalue weighted by Crippen LogP contribution is 2.46. The van der Waals surface area contributed by atoms with Crippen molar-refractivity contribution in [3.05, 3.63) is 63.9 Å². The molecule has 1 fully saturated rings. The van der Waals surface area contributed by atoms with E-state index in [-0.39, 0.29) is 0 Å². The van der Waals surface area contributed by atoms with Crippen molar-refractivity contribution in [3.8, 4) is 0 Å². The van der Waals surface area contributed by atoms with Crippen molar-refractivity contribution in [1.29, 1.82) is 0 Å². The second-order valence-corrected chi connectivity index (χ2v) is 6.05. The van der Waals surface area contributed by atoms with E-state index in [4.69, 9.17) is 0 Å². The fourth-order valence-corrected chi connectivity index (χ4v) is 3.81. The van der Waals surface area contributed by atoms with Gasteiger partial charge in [0.1, 0.15) is 0 Å². The average molecular weight is 391 g/mol. The van der Waals surface area contributed by atoms with Crippen molar-refractivity contribution in [2.75, 3.05) is 0 Å². The lowest BCUT2D eigenvalue weighted by atomic mass is 9.91. The Morgan fingerprint density at radius 1 is 0.828 bits per heavy atom. The molecule has 0 nitrogen and oxygen atoms in total. The molecule has 2 atom stereocenters. The first kappa shape index (κ1) is 26.7. The molecule has 0 aromatic heterocycles. The van der Waals surface area contributed by atoms with Gasteiger partial charge in [-0.05, 0) is 61.0 Å². The zero-order chi connectivity index (χ0) is 22.7. The lowest BCUT2D eigenvalue weighted by Crippen LogP contribution is -2.50. The monoisotopic (exact) mass is 390 g/mol. The van der Waals surface area contributed by atoms with Gasteiger partial charge in [0.05, 0.1) is 0 Å². The van der Waals surface area contributed by atoms with E-state index in [0.717, 1.165) is 16.0 Å². The fourth-order valence-electron chi connectivity index (χ4n) is 3.81. The molecule has 29 heavy (non-hydrogen) atoms. The van der Waals surface area contributed by atoms with E-state index in [1.54, 1.807) is 0 Å². The van der Waals surface area contributed by atoms with Crippen molar-refractivity contribution in [2.24, 2.45) is 11.8 Å². The van der Waals surface area contributed by atoms with Crippen molar-refractivity contribution in [1.82, 2.24) is 0 Å². The van der Waals surface area contributed by atoms with Gasteiger partial charge in [-0.2, -0.15) is 0 Å². The van der Waals surface area contributed by atoms with Crippen LogP contribution in [0.2, 0.25) is 0 Å². The number of hydrogen-bond acceptors (Lipinski definition) is 0. The zero-order valence-corrected chi connectivity index (χ0v) is 20.2. The first-order valence-corrected chi connectivity index (χ1v) is 11.4. The summed E-state index contributed by atoms with van der Waals surface area (Å²) in [6.45, 7) is 32.6. The van der Waals surface area contributed by atoms with Gasteiger partial charge in [-0.3, -0.25) is 0 Å². The van der Waals surface area contributed by atoms with Crippen molar-refractivity contribution in [2.45, 2.75) is 61.8 Å². The lowest BCUT2D eigenvalue weighted by molar-refractivity contribution is 1.03. The summed E-state index contributed by atoms with van der Waals surface area (Å²) in [5, 5.41) is 7.11. The van der Waals surface area contributed by atoms with Crippen LogP contribution in [0.1, 0.15) is 67.4 Å². The first-order chi connectivity index (χ1) is 14.2. The van der Waals surface area contributed by atoms with Gasteiger partial charge in [0.15, 0.2) is 0 Å². The molecule has 2 aromatic carbocycles. The summed E-state index contributed by atoms with van der Waals surface area (Å²) in [7, 11) is 0. The van der Waals surface area contributed by atoms with E-state index in [1.165, 1.54) is 33.2 Å². The largest absolute Gasteiger partial charge is 0.0988 e. The average Bonchev–Trinajstić information content (AvgIpc) is 3.60. The summed E-state index contributed by atoms with van der Waals surface area (Å²) in [5.41, 5.74) is 2.50. The number of allylic oxidation sites excluding steroid dienone is 1. The van der Waals surface area contributed by atoms with Crippen LogP contribution >= 0.6 is 0 Å². The quantitative estimate of drug-likeness (QED) is 0.575. The summed E-state index contributed by atoms with van der Waals surface area (Å²) in [6, 6.07) is 6.38. The Morgan fingerprint density at radius 2 is 1.41 bits per heavy atom. The molecule has 2 aromatic rings. The Morgan fingerprint density at radius 3 is 1.93 bits per heavy atom. The van der Waals surface area contributed by atoms with E-state index < -0.39 is 0 Å². The Kier molecular flexibility index (Phi) is 11.9. The Labute approximate surface area is 179 Å². The van der Waals surface area contributed by atoms with Gasteiger partial charge in [0.2, 0.25) is 0 Å². The molecule has 4 rings (SSSR count). The summed E-state index contributed by atoms with van der Waals surface area (Å²) in [6.07, 6.45) is 7.60. The summed E-state index contributed by atoms with van der Waals surface area (Å²) >= 11 is 0. The van der Waals surface area contributed by atoms with E-state index >= 15 is 0 Å². The third-order valence-electron chi connectivity index (χ3n) is 4.97. The SMILES string of the molecule is C=CC1=c2c(=C)c(=C)c3c(C=C)cccc3c2=CC2CC12.CC.CC.CC.CC. The standard InChI is InChI=1S/C21H18.4C2H6/c1-5-14-8-7-9-17-19-11-15-10-18(15)16(6-2)21(19)13(4)12(3)20(14)17;4*1-2/h5-9,11,15,18H,1-4,10H2;4*1-2H3. The number of fused-ring (bicyclic) bond motifs is 4. The van der Waals surface area contributed by atoms with Gasteiger partial charge < -0.3 is 0 Å². The minimum Gasteiger partial charge on any atom is -0.0988 e. The summed E-state index contributed by atoms with van der Waals surface area (Å²) < 4.78 is 0. The molecule has 0 N–H and O–H groups in total. The number of hydrogen-bond donors (Lipinski definition) is 0. The summed E-state index contributed by atoms with van der Waals surface area (Å²) in [4.78, 5) is 0. The van der Waals surface area contributed by atoms with Gasteiger partial charge >= 0.3 is 0 Å². The number of rotatable bonds is 2. The second-order valence-electron chi connectivity index (χ2n) is 6.05. The topological polar surface area (TPSA) is 0 Å². The van der Waals surface area contributed by atoms with Gasteiger partial charge in [-0.1, -0.05) is 118 Å². The van der Waals surface area contributed by atoms with Crippen LogP contribution in [0, 0.1) is 11.8 Å². The maximum atomic E-state index is 4.32. The van der Waals surface area contributed by atoms with Crippen LogP contribution in [0.4, 0.5) is 0 Å².